The number of nitrogen functional groups attached to an aromatic ring is 1. The fourth-order valence-corrected chi connectivity index (χ4v) is 6.51. The van der Waals surface area contributed by atoms with E-state index in [0.29, 0.717) is 6.42 Å². The van der Waals surface area contributed by atoms with Crippen LogP contribution < -0.4 is 5.73 Å². The molecule has 1 aliphatic carbocycles. The number of fused-ring (bicyclic) bond motifs is 1. The number of anilines is 1. The van der Waals surface area contributed by atoms with Crippen LogP contribution >= 0.6 is 15.2 Å². The van der Waals surface area contributed by atoms with Crippen molar-refractivity contribution in [2.24, 2.45) is 0 Å². The normalized spacial score (nSPS) is 18.4. The lowest BCUT2D eigenvalue weighted by Gasteiger charge is -2.36. The first-order valence-electron chi connectivity index (χ1n) is 6.88. The van der Waals surface area contributed by atoms with Gasteiger partial charge < -0.3 is 30.4 Å². The third-order valence-electron chi connectivity index (χ3n) is 3.98. The van der Waals surface area contributed by atoms with Crippen LogP contribution in [0.4, 0.5) is 5.69 Å². The minimum absolute atomic E-state index is 0.0987. The summed E-state index contributed by atoms with van der Waals surface area (Å²) in [5.41, 5.74) is 5.36. The van der Waals surface area contributed by atoms with E-state index in [0.717, 1.165) is 0 Å². The van der Waals surface area contributed by atoms with Crippen molar-refractivity contribution in [3.8, 4) is 0 Å². The number of nitrogens with two attached hydrogens (primary N) is 1. The van der Waals surface area contributed by atoms with E-state index in [1.54, 1.807) is 6.92 Å². The average molecular weight is 363 g/mol. The molecular weight excluding hydrogens is 344 g/mol. The zero-order chi connectivity index (χ0) is 17.6. The molecule has 0 amide bonds. The van der Waals surface area contributed by atoms with Crippen molar-refractivity contribution in [2.75, 3.05) is 5.73 Å². The Morgan fingerprint density at radius 3 is 2.22 bits per heavy atom. The lowest BCUT2D eigenvalue weighted by atomic mass is 10.0. The summed E-state index contributed by atoms with van der Waals surface area (Å²) in [5.74, 6) is 0. The highest BCUT2D eigenvalue weighted by atomic mass is 31.2. The summed E-state index contributed by atoms with van der Waals surface area (Å²) >= 11 is 0. The summed E-state index contributed by atoms with van der Waals surface area (Å²) in [6.07, 6.45) is 0.333. The van der Waals surface area contributed by atoms with Crippen LogP contribution in [0.2, 0.25) is 0 Å². The van der Waals surface area contributed by atoms with E-state index in [1.807, 2.05) is 0 Å². The van der Waals surface area contributed by atoms with Gasteiger partial charge in [0.15, 0.2) is 0 Å². The second kappa shape index (κ2) is 5.83. The number of hydrogen-bond donors (Lipinski definition) is 6. The Kier molecular flexibility index (Phi) is 4.65. The second-order valence-corrected chi connectivity index (χ2v) is 9.34. The van der Waals surface area contributed by atoms with Gasteiger partial charge in [-0.3, -0.25) is 9.13 Å². The Hall–Kier alpha value is -0.980. The third kappa shape index (κ3) is 2.61. The van der Waals surface area contributed by atoms with Crippen LogP contribution in [0, 0.1) is 0 Å². The molecule has 1 unspecified atom stereocenters. The van der Waals surface area contributed by atoms with Crippen molar-refractivity contribution >= 4 is 27.0 Å². The molecule has 23 heavy (non-hydrogen) atoms. The van der Waals surface area contributed by atoms with Crippen LogP contribution in [0.1, 0.15) is 30.9 Å². The van der Waals surface area contributed by atoms with Crippen LogP contribution in [-0.2, 0) is 14.0 Å². The number of hydrogen-bond acceptors (Lipinski definition) is 4. The standard InChI is InChI=1S/C13H19NO7P2/c1-2-4-12(15)10-7-8-9(5-3-6-11(8)14)13(10,22(16,17)18)23(19,20)21/h3,5-7,12,15H,2,4,14H2,1H3,(H2,16,17,18)(H2,19,20,21). The first-order chi connectivity index (χ1) is 10.5. The molecule has 0 heterocycles. The first-order valence-corrected chi connectivity index (χ1v) is 10.1. The topological polar surface area (TPSA) is 161 Å². The zero-order valence-electron chi connectivity index (χ0n) is 12.3. The maximum absolute atomic E-state index is 12.2. The second-order valence-electron chi connectivity index (χ2n) is 5.47. The molecule has 0 fully saturated rings. The van der Waals surface area contributed by atoms with E-state index in [4.69, 9.17) is 5.73 Å². The van der Waals surface area contributed by atoms with Gasteiger partial charge in [-0.05, 0) is 29.7 Å². The van der Waals surface area contributed by atoms with Crippen molar-refractivity contribution < 1.29 is 33.8 Å². The fraction of sp³-hybridized carbons (Fsp3) is 0.385. The van der Waals surface area contributed by atoms with Gasteiger partial charge in [0.05, 0.1) is 6.10 Å². The van der Waals surface area contributed by atoms with Gasteiger partial charge >= 0.3 is 15.2 Å². The summed E-state index contributed by atoms with van der Waals surface area (Å²) in [5, 5.41) is 10.3. The maximum Gasteiger partial charge on any atom is 0.352 e. The lowest BCUT2D eigenvalue weighted by molar-refractivity contribution is 0.188. The minimum atomic E-state index is -5.40. The Balaban J connectivity index is 2.91. The minimum Gasteiger partial charge on any atom is -0.398 e. The lowest BCUT2D eigenvalue weighted by Crippen LogP contribution is -2.32. The van der Waals surface area contributed by atoms with Crippen molar-refractivity contribution in [3.05, 3.63) is 34.9 Å². The quantitative estimate of drug-likeness (QED) is 0.337. The molecule has 0 saturated carbocycles. The molecule has 1 aliphatic rings. The molecule has 128 valence electrons. The van der Waals surface area contributed by atoms with E-state index >= 15 is 0 Å². The van der Waals surface area contributed by atoms with E-state index in [1.165, 1.54) is 24.3 Å². The van der Waals surface area contributed by atoms with Crippen molar-refractivity contribution in [1.82, 2.24) is 0 Å². The highest BCUT2D eigenvalue weighted by Gasteiger charge is 2.67. The molecule has 8 nitrogen and oxygen atoms in total. The zero-order valence-corrected chi connectivity index (χ0v) is 14.1. The first kappa shape index (κ1) is 18.4. The van der Waals surface area contributed by atoms with Gasteiger partial charge in [0, 0.05) is 11.3 Å². The molecule has 0 saturated heterocycles. The van der Waals surface area contributed by atoms with Crippen LogP contribution in [0.5, 0.6) is 0 Å². The Morgan fingerprint density at radius 1 is 1.17 bits per heavy atom. The molecule has 0 spiro atoms. The largest absolute Gasteiger partial charge is 0.398 e. The van der Waals surface area contributed by atoms with Gasteiger partial charge in [0.2, 0.25) is 4.90 Å². The van der Waals surface area contributed by atoms with Crippen molar-refractivity contribution in [3.63, 3.8) is 0 Å². The van der Waals surface area contributed by atoms with Crippen LogP contribution in [0.15, 0.2) is 23.8 Å². The van der Waals surface area contributed by atoms with Gasteiger partial charge in [0.1, 0.15) is 0 Å². The Bertz CT molecular complexity index is 727. The number of aliphatic hydroxyl groups is 1. The average Bonchev–Trinajstić information content (AvgIpc) is 2.75. The molecule has 0 aliphatic heterocycles. The summed E-state index contributed by atoms with van der Waals surface area (Å²) in [6.45, 7) is 1.73. The Morgan fingerprint density at radius 2 is 1.74 bits per heavy atom. The number of rotatable bonds is 5. The van der Waals surface area contributed by atoms with Crippen LogP contribution in [0.3, 0.4) is 0 Å². The summed E-state index contributed by atoms with van der Waals surface area (Å²) in [6, 6.07) is 4.03. The van der Waals surface area contributed by atoms with Gasteiger partial charge in [0.25, 0.3) is 0 Å². The van der Waals surface area contributed by atoms with Crippen LogP contribution in [-0.4, -0.2) is 30.8 Å². The van der Waals surface area contributed by atoms with E-state index in [-0.39, 0.29) is 23.2 Å². The summed E-state index contributed by atoms with van der Waals surface area (Å²) in [4.78, 5) is 36.5. The molecule has 1 aromatic carbocycles. The fourth-order valence-electron chi connectivity index (χ4n) is 3.04. The van der Waals surface area contributed by atoms with Crippen LogP contribution in [0.25, 0.3) is 6.08 Å². The van der Waals surface area contributed by atoms with Crippen molar-refractivity contribution in [2.45, 2.75) is 30.8 Å². The van der Waals surface area contributed by atoms with E-state index in [9.17, 15) is 33.8 Å². The number of benzene rings is 1. The Labute approximate surface area is 133 Å². The molecule has 1 atom stereocenters. The predicted molar refractivity (Wildman–Crippen MR) is 85.5 cm³/mol. The van der Waals surface area contributed by atoms with Gasteiger partial charge in [-0.1, -0.05) is 25.5 Å². The highest BCUT2D eigenvalue weighted by Crippen LogP contribution is 2.80. The molecule has 7 N–H and O–H groups in total. The molecule has 10 heteroatoms. The summed E-state index contributed by atoms with van der Waals surface area (Å²) in [7, 11) is -10.8. The molecule has 0 bridgehead atoms. The van der Waals surface area contributed by atoms with Crippen molar-refractivity contribution in [1.29, 1.82) is 0 Å². The van der Waals surface area contributed by atoms with E-state index in [2.05, 4.69) is 0 Å². The third-order valence-corrected chi connectivity index (χ3v) is 8.23. The highest BCUT2D eigenvalue weighted by molar-refractivity contribution is 7.72. The SMILES string of the molecule is CCCC(O)C1=Cc2c(N)cccc2C1(P(=O)(O)O)P(=O)(O)O. The summed E-state index contributed by atoms with van der Waals surface area (Å²) < 4.78 is 24.4. The smallest absolute Gasteiger partial charge is 0.352 e. The van der Waals surface area contributed by atoms with Gasteiger partial charge in [-0.25, -0.2) is 0 Å². The number of aliphatic hydroxyl groups excluding tert-OH is 1. The van der Waals surface area contributed by atoms with E-state index < -0.39 is 31.8 Å². The molecule has 2 rings (SSSR count). The molecule has 0 radical (unpaired) electrons. The monoisotopic (exact) mass is 363 g/mol. The molecule has 1 aromatic rings. The molecule has 0 aromatic heterocycles. The predicted octanol–water partition coefficient (Wildman–Crippen LogP) is 1.33. The van der Waals surface area contributed by atoms with Gasteiger partial charge in [-0.2, -0.15) is 0 Å². The van der Waals surface area contributed by atoms with Gasteiger partial charge in [-0.15, -0.1) is 0 Å². The maximum atomic E-state index is 12.2. The molecular formula is C13H19NO7P2.